The summed E-state index contributed by atoms with van der Waals surface area (Å²) in [5.74, 6) is 0.103. The van der Waals surface area contributed by atoms with Crippen molar-refractivity contribution in [2.24, 2.45) is 0 Å². The van der Waals surface area contributed by atoms with Crippen LogP contribution in [0.25, 0.3) is 0 Å². The third kappa shape index (κ3) is 4.46. The van der Waals surface area contributed by atoms with E-state index in [0.717, 1.165) is 57.4 Å². The standard InChI is InChI=1S/C19H31N3O/c1-4-12-21(13-5-2)17-10-11-20-18(15-17)19(23)22-14-8-7-9-16(22)6-3/h10-11,15-16H,4-9,12-14H2,1-3H3. The Morgan fingerprint density at radius 3 is 2.65 bits per heavy atom. The van der Waals surface area contributed by atoms with Crippen LogP contribution in [0.15, 0.2) is 18.3 Å². The van der Waals surface area contributed by atoms with Crippen LogP contribution in [0.2, 0.25) is 0 Å². The SMILES string of the molecule is CCCN(CCC)c1ccnc(C(=O)N2CCCCC2CC)c1. The minimum atomic E-state index is 0.103. The van der Waals surface area contributed by atoms with Crippen LogP contribution in [0.1, 0.15) is 69.8 Å². The molecule has 1 atom stereocenters. The normalized spacial score (nSPS) is 18.0. The lowest BCUT2D eigenvalue weighted by Gasteiger charge is -2.35. The number of piperidine rings is 1. The van der Waals surface area contributed by atoms with Gasteiger partial charge in [-0.3, -0.25) is 9.78 Å². The number of carbonyl (C=O) groups is 1. The molecule has 4 heteroatoms. The molecule has 1 aliphatic heterocycles. The van der Waals surface area contributed by atoms with Crippen molar-refractivity contribution in [2.45, 2.75) is 65.3 Å². The van der Waals surface area contributed by atoms with E-state index < -0.39 is 0 Å². The average Bonchev–Trinajstić information content (AvgIpc) is 2.61. The quantitative estimate of drug-likeness (QED) is 0.759. The van der Waals surface area contributed by atoms with E-state index in [-0.39, 0.29) is 5.91 Å². The molecule has 0 aliphatic carbocycles. The summed E-state index contributed by atoms with van der Waals surface area (Å²) in [5, 5.41) is 0. The number of hydrogen-bond acceptors (Lipinski definition) is 3. The van der Waals surface area contributed by atoms with Crippen molar-refractivity contribution in [2.75, 3.05) is 24.5 Å². The molecular weight excluding hydrogens is 286 g/mol. The summed E-state index contributed by atoms with van der Waals surface area (Å²) in [4.78, 5) is 21.7. The van der Waals surface area contributed by atoms with Gasteiger partial charge in [0.05, 0.1) is 0 Å². The summed E-state index contributed by atoms with van der Waals surface area (Å²) in [6.45, 7) is 9.46. The second-order valence-electron chi connectivity index (χ2n) is 6.44. The van der Waals surface area contributed by atoms with Gasteiger partial charge < -0.3 is 9.80 Å². The topological polar surface area (TPSA) is 36.4 Å². The zero-order valence-electron chi connectivity index (χ0n) is 14.9. The van der Waals surface area contributed by atoms with Crippen molar-refractivity contribution in [1.29, 1.82) is 0 Å². The van der Waals surface area contributed by atoms with Crippen LogP contribution >= 0.6 is 0 Å². The summed E-state index contributed by atoms with van der Waals surface area (Å²) in [6.07, 6.45) is 8.50. The molecule has 1 aromatic rings. The molecule has 23 heavy (non-hydrogen) atoms. The van der Waals surface area contributed by atoms with E-state index in [0.29, 0.717) is 11.7 Å². The highest BCUT2D eigenvalue weighted by molar-refractivity contribution is 5.93. The number of hydrogen-bond donors (Lipinski definition) is 0. The van der Waals surface area contributed by atoms with Gasteiger partial charge in [-0.2, -0.15) is 0 Å². The Kier molecular flexibility index (Phi) is 6.87. The van der Waals surface area contributed by atoms with Crippen LogP contribution in [0.3, 0.4) is 0 Å². The molecule has 1 saturated heterocycles. The lowest BCUT2D eigenvalue weighted by Crippen LogP contribution is -2.43. The maximum Gasteiger partial charge on any atom is 0.272 e. The van der Waals surface area contributed by atoms with Gasteiger partial charge in [0.15, 0.2) is 0 Å². The van der Waals surface area contributed by atoms with Crippen molar-refractivity contribution >= 4 is 11.6 Å². The van der Waals surface area contributed by atoms with Crippen molar-refractivity contribution in [3.63, 3.8) is 0 Å². The summed E-state index contributed by atoms with van der Waals surface area (Å²) in [7, 11) is 0. The zero-order chi connectivity index (χ0) is 16.7. The van der Waals surface area contributed by atoms with Gasteiger partial charge in [-0.1, -0.05) is 20.8 Å². The summed E-state index contributed by atoms with van der Waals surface area (Å²) >= 11 is 0. The number of rotatable bonds is 7. The molecule has 0 N–H and O–H groups in total. The molecule has 1 aliphatic rings. The Morgan fingerprint density at radius 2 is 2.00 bits per heavy atom. The molecule has 0 aromatic carbocycles. The van der Waals surface area contributed by atoms with Crippen molar-refractivity contribution in [3.8, 4) is 0 Å². The average molecular weight is 317 g/mol. The molecule has 2 heterocycles. The van der Waals surface area contributed by atoms with Crippen LogP contribution in [-0.4, -0.2) is 41.5 Å². The van der Waals surface area contributed by atoms with E-state index in [1.807, 2.05) is 17.0 Å². The van der Waals surface area contributed by atoms with Crippen LogP contribution in [0.5, 0.6) is 0 Å². The van der Waals surface area contributed by atoms with Crippen LogP contribution in [0.4, 0.5) is 5.69 Å². The number of aromatic nitrogens is 1. The maximum absolute atomic E-state index is 12.9. The van der Waals surface area contributed by atoms with E-state index in [1.54, 1.807) is 6.20 Å². The molecule has 1 amide bonds. The Bertz CT molecular complexity index is 497. The van der Waals surface area contributed by atoms with Gasteiger partial charge in [-0.15, -0.1) is 0 Å². The third-order valence-corrected chi connectivity index (χ3v) is 4.67. The van der Waals surface area contributed by atoms with Crippen LogP contribution < -0.4 is 4.90 Å². The lowest BCUT2D eigenvalue weighted by atomic mass is 9.99. The molecule has 1 unspecified atom stereocenters. The summed E-state index contributed by atoms with van der Waals surface area (Å²) in [6, 6.07) is 4.38. The van der Waals surface area contributed by atoms with Gasteiger partial charge >= 0.3 is 0 Å². The monoisotopic (exact) mass is 317 g/mol. The number of anilines is 1. The van der Waals surface area contributed by atoms with E-state index in [4.69, 9.17) is 0 Å². The fourth-order valence-corrected chi connectivity index (χ4v) is 3.48. The van der Waals surface area contributed by atoms with Gasteiger partial charge in [-0.25, -0.2) is 0 Å². The first-order chi connectivity index (χ1) is 11.2. The molecule has 2 rings (SSSR count). The first-order valence-corrected chi connectivity index (χ1v) is 9.23. The number of amides is 1. The fourth-order valence-electron chi connectivity index (χ4n) is 3.48. The number of nitrogens with zero attached hydrogens (tertiary/aromatic N) is 3. The molecule has 0 spiro atoms. The van der Waals surface area contributed by atoms with Gasteiger partial charge in [0.2, 0.25) is 0 Å². The van der Waals surface area contributed by atoms with Gasteiger partial charge in [0.1, 0.15) is 5.69 Å². The van der Waals surface area contributed by atoms with Crippen molar-refractivity contribution in [1.82, 2.24) is 9.88 Å². The highest BCUT2D eigenvalue weighted by Crippen LogP contribution is 2.23. The molecule has 1 aromatic heterocycles. The van der Waals surface area contributed by atoms with Crippen molar-refractivity contribution in [3.05, 3.63) is 24.0 Å². The first kappa shape index (κ1) is 17.8. The molecular formula is C19H31N3O. The number of carbonyl (C=O) groups excluding carboxylic acids is 1. The zero-order valence-corrected chi connectivity index (χ0v) is 14.9. The molecule has 0 radical (unpaired) electrons. The number of likely N-dealkylation sites (tertiary alicyclic amines) is 1. The molecule has 4 nitrogen and oxygen atoms in total. The second-order valence-corrected chi connectivity index (χ2v) is 6.44. The Hall–Kier alpha value is -1.58. The summed E-state index contributed by atoms with van der Waals surface area (Å²) < 4.78 is 0. The highest BCUT2D eigenvalue weighted by Gasteiger charge is 2.27. The van der Waals surface area contributed by atoms with E-state index >= 15 is 0 Å². The largest absolute Gasteiger partial charge is 0.371 e. The number of pyridine rings is 1. The molecule has 0 saturated carbocycles. The van der Waals surface area contributed by atoms with Gasteiger partial charge in [0, 0.05) is 37.6 Å². The molecule has 128 valence electrons. The van der Waals surface area contributed by atoms with Crippen LogP contribution in [0, 0.1) is 0 Å². The first-order valence-electron chi connectivity index (χ1n) is 9.23. The van der Waals surface area contributed by atoms with Gasteiger partial charge in [-0.05, 0) is 50.7 Å². The van der Waals surface area contributed by atoms with E-state index in [9.17, 15) is 4.79 Å². The van der Waals surface area contributed by atoms with Crippen LogP contribution in [-0.2, 0) is 0 Å². The lowest BCUT2D eigenvalue weighted by molar-refractivity contribution is 0.0602. The summed E-state index contributed by atoms with van der Waals surface area (Å²) in [5.41, 5.74) is 1.72. The Balaban J connectivity index is 2.18. The Morgan fingerprint density at radius 1 is 1.26 bits per heavy atom. The van der Waals surface area contributed by atoms with E-state index in [1.165, 1.54) is 6.42 Å². The maximum atomic E-state index is 12.9. The predicted octanol–water partition coefficient (Wildman–Crippen LogP) is 4.11. The smallest absolute Gasteiger partial charge is 0.272 e. The molecule has 1 fully saturated rings. The minimum absolute atomic E-state index is 0.103. The second kappa shape index (κ2) is 8.90. The molecule has 0 bridgehead atoms. The highest BCUT2D eigenvalue weighted by atomic mass is 16.2. The fraction of sp³-hybridized carbons (Fsp3) is 0.684. The van der Waals surface area contributed by atoms with E-state index in [2.05, 4.69) is 30.7 Å². The predicted molar refractivity (Wildman–Crippen MR) is 96.0 cm³/mol. The van der Waals surface area contributed by atoms with Gasteiger partial charge in [0.25, 0.3) is 5.91 Å². The minimum Gasteiger partial charge on any atom is -0.371 e. The Labute approximate surface area is 140 Å². The van der Waals surface area contributed by atoms with Crippen molar-refractivity contribution < 1.29 is 4.79 Å². The third-order valence-electron chi connectivity index (χ3n) is 4.67.